The Balaban J connectivity index is 1.94. The lowest BCUT2D eigenvalue weighted by Gasteiger charge is -2.18. The van der Waals surface area contributed by atoms with E-state index in [9.17, 15) is 5.11 Å². The summed E-state index contributed by atoms with van der Waals surface area (Å²) in [4.78, 5) is 5.44. The van der Waals surface area contributed by atoms with E-state index >= 15 is 0 Å². The first kappa shape index (κ1) is 13.2. The van der Waals surface area contributed by atoms with E-state index in [4.69, 9.17) is 4.74 Å². The average Bonchev–Trinajstić information content (AvgIpc) is 2.67. The summed E-state index contributed by atoms with van der Waals surface area (Å²) in [6, 6.07) is 15.7. The summed E-state index contributed by atoms with van der Waals surface area (Å²) in [6.07, 6.45) is 1.01. The topological polar surface area (TPSA) is 41.8 Å². The van der Waals surface area contributed by atoms with Gasteiger partial charge in [-0.15, -0.1) is 11.8 Å². The summed E-state index contributed by atoms with van der Waals surface area (Å²) in [5.74, 6) is 0.816. The predicted molar refractivity (Wildman–Crippen MR) is 82.2 cm³/mol. The third-order valence-corrected chi connectivity index (χ3v) is 4.64. The second-order valence-corrected chi connectivity index (χ2v) is 5.73. The molecule has 0 aliphatic carbocycles. The van der Waals surface area contributed by atoms with Gasteiger partial charge in [-0.05, 0) is 29.8 Å². The van der Waals surface area contributed by atoms with Crippen molar-refractivity contribution in [2.75, 3.05) is 7.11 Å². The number of hydrogen-bond acceptors (Lipinski definition) is 4. The molecule has 2 unspecified atom stereocenters. The van der Waals surface area contributed by atoms with Crippen molar-refractivity contribution in [2.45, 2.75) is 16.2 Å². The maximum absolute atomic E-state index is 10.3. The van der Waals surface area contributed by atoms with Crippen molar-refractivity contribution in [3.8, 4) is 5.75 Å². The molecule has 0 fully saturated rings. The van der Waals surface area contributed by atoms with Crippen molar-refractivity contribution in [2.24, 2.45) is 4.99 Å². The Kier molecular flexibility index (Phi) is 3.76. The molecule has 0 bridgehead atoms. The number of ether oxygens (including phenoxy) is 1. The van der Waals surface area contributed by atoms with Gasteiger partial charge in [0, 0.05) is 11.1 Å². The minimum atomic E-state index is -0.610. The lowest BCUT2D eigenvalue weighted by Crippen LogP contribution is -2.16. The number of benzene rings is 2. The predicted octanol–water partition coefficient (Wildman–Crippen LogP) is 3.61. The van der Waals surface area contributed by atoms with E-state index in [-0.39, 0.29) is 5.25 Å². The van der Waals surface area contributed by atoms with E-state index in [0.717, 1.165) is 21.9 Å². The highest BCUT2D eigenvalue weighted by Gasteiger charge is 2.24. The average molecular weight is 285 g/mol. The van der Waals surface area contributed by atoms with Crippen LogP contribution in [0, 0.1) is 0 Å². The number of hydrogen-bond donors (Lipinski definition) is 1. The van der Waals surface area contributed by atoms with E-state index in [1.54, 1.807) is 25.1 Å². The molecule has 2 aromatic carbocycles. The zero-order chi connectivity index (χ0) is 13.9. The summed E-state index contributed by atoms with van der Waals surface area (Å²) in [5.41, 5.74) is 1.97. The smallest absolute Gasteiger partial charge is 0.118 e. The summed E-state index contributed by atoms with van der Waals surface area (Å²) in [5, 5.41) is 10.2. The van der Waals surface area contributed by atoms with Gasteiger partial charge in [0.2, 0.25) is 0 Å². The molecule has 3 nitrogen and oxygen atoms in total. The Morgan fingerprint density at radius 1 is 1.10 bits per heavy atom. The van der Waals surface area contributed by atoms with Gasteiger partial charge in [0.25, 0.3) is 0 Å². The van der Waals surface area contributed by atoms with Crippen molar-refractivity contribution in [1.29, 1.82) is 0 Å². The third kappa shape index (κ3) is 2.57. The van der Waals surface area contributed by atoms with Gasteiger partial charge in [0.1, 0.15) is 11.9 Å². The van der Waals surface area contributed by atoms with Crippen LogP contribution in [0.15, 0.2) is 58.4 Å². The number of para-hydroxylation sites is 1. The number of thioether (sulfide) groups is 1. The molecule has 0 saturated carbocycles. The number of aliphatic imine (C=N–C) groups is 1. The number of nitrogens with zero attached hydrogens (tertiary/aromatic N) is 1. The maximum Gasteiger partial charge on any atom is 0.118 e. The van der Waals surface area contributed by atoms with Crippen LogP contribution in [0.2, 0.25) is 0 Å². The molecule has 4 heteroatoms. The zero-order valence-corrected chi connectivity index (χ0v) is 11.9. The van der Waals surface area contributed by atoms with E-state index in [1.165, 1.54) is 0 Å². The first-order valence-corrected chi connectivity index (χ1v) is 7.28. The molecule has 1 aliphatic rings. The molecule has 2 atom stereocenters. The van der Waals surface area contributed by atoms with Gasteiger partial charge in [-0.1, -0.05) is 24.3 Å². The number of methoxy groups -OCH3 is 1. The number of aliphatic hydroxyl groups excluding tert-OH is 1. The second-order valence-electron chi connectivity index (χ2n) is 4.55. The Labute approximate surface area is 122 Å². The molecule has 1 aliphatic heterocycles. The Hall–Kier alpha value is -1.78. The van der Waals surface area contributed by atoms with Crippen molar-refractivity contribution in [3.63, 3.8) is 0 Å². The fraction of sp³-hybridized carbons (Fsp3) is 0.188. The molecule has 1 N–H and O–H groups in total. The van der Waals surface area contributed by atoms with Gasteiger partial charge in [0.05, 0.1) is 18.0 Å². The van der Waals surface area contributed by atoms with Gasteiger partial charge >= 0.3 is 0 Å². The number of fused-ring (bicyclic) bond motifs is 1. The van der Waals surface area contributed by atoms with Gasteiger partial charge in [-0.2, -0.15) is 0 Å². The summed E-state index contributed by atoms with van der Waals surface area (Å²) in [7, 11) is 1.65. The molecule has 102 valence electrons. The van der Waals surface area contributed by atoms with Crippen LogP contribution >= 0.6 is 11.8 Å². The Morgan fingerprint density at radius 2 is 1.85 bits per heavy atom. The second kappa shape index (κ2) is 5.69. The van der Waals surface area contributed by atoms with Gasteiger partial charge in [0.15, 0.2) is 0 Å². The van der Waals surface area contributed by atoms with Crippen LogP contribution in [0.25, 0.3) is 0 Å². The van der Waals surface area contributed by atoms with Crippen LogP contribution in [-0.2, 0) is 0 Å². The van der Waals surface area contributed by atoms with Crippen LogP contribution in [0.4, 0.5) is 5.69 Å². The summed E-state index contributed by atoms with van der Waals surface area (Å²) >= 11 is 1.64. The highest BCUT2D eigenvalue weighted by atomic mass is 32.2. The first-order valence-electron chi connectivity index (χ1n) is 6.40. The summed E-state index contributed by atoms with van der Waals surface area (Å²) < 4.78 is 5.17. The lowest BCUT2D eigenvalue weighted by molar-refractivity contribution is 0.244. The molecule has 0 amide bonds. The first-order chi connectivity index (χ1) is 9.78. The lowest BCUT2D eigenvalue weighted by atomic mass is 10.1. The minimum absolute atomic E-state index is 0.0618. The Bertz CT molecular complexity index is 625. The highest BCUT2D eigenvalue weighted by molar-refractivity contribution is 7.99. The largest absolute Gasteiger partial charge is 0.497 e. The molecule has 0 aromatic heterocycles. The van der Waals surface area contributed by atoms with Crippen LogP contribution in [0.3, 0.4) is 0 Å². The summed E-state index contributed by atoms with van der Waals surface area (Å²) in [6.45, 7) is 0. The SMILES string of the molecule is COc1ccc(C2Sc3ccccc3N=CC2O)cc1. The maximum atomic E-state index is 10.3. The van der Waals surface area contributed by atoms with Gasteiger partial charge in [-0.25, -0.2) is 0 Å². The molecule has 0 spiro atoms. The fourth-order valence-electron chi connectivity index (χ4n) is 2.16. The number of rotatable bonds is 2. The zero-order valence-electron chi connectivity index (χ0n) is 11.1. The fourth-order valence-corrected chi connectivity index (χ4v) is 3.34. The van der Waals surface area contributed by atoms with Crippen LogP contribution in [0.1, 0.15) is 10.8 Å². The van der Waals surface area contributed by atoms with Crippen molar-refractivity contribution >= 4 is 23.7 Å². The number of aliphatic hydroxyl groups is 1. The van der Waals surface area contributed by atoms with Crippen LogP contribution < -0.4 is 4.74 Å². The molecule has 3 rings (SSSR count). The monoisotopic (exact) mass is 285 g/mol. The standard InChI is InChI=1S/C16H15NO2S/c1-19-12-8-6-11(7-9-12)16-14(18)10-17-13-4-2-3-5-15(13)20-16/h2-10,14,16,18H,1H3. The molecule has 1 heterocycles. The van der Waals surface area contributed by atoms with E-state index in [1.807, 2.05) is 48.5 Å². The minimum Gasteiger partial charge on any atom is -0.497 e. The van der Waals surface area contributed by atoms with Gasteiger partial charge < -0.3 is 9.84 Å². The van der Waals surface area contributed by atoms with Crippen LogP contribution in [0.5, 0.6) is 5.75 Å². The quantitative estimate of drug-likeness (QED) is 0.916. The van der Waals surface area contributed by atoms with Crippen molar-refractivity contribution in [1.82, 2.24) is 0 Å². The van der Waals surface area contributed by atoms with Crippen molar-refractivity contribution < 1.29 is 9.84 Å². The highest BCUT2D eigenvalue weighted by Crippen LogP contribution is 2.43. The Morgan fingerprint density at radius 3 is 2.60 bits per heavy atom. The van der Waals surface area contributed by atoms with E-state index in [2.05, 4.69) is 4.99 Å². The normalized spacial score (nSPS) is 21.1. The van der Waals surface area contributed by atoms with Crippen LogP contribution in [-0.4, -0.2) is 24.5 Å². The molecule has 0 saturated heterocycles. The molecule has 0 radical (unpaired) electrons. The molecular formula is C16H15NO2S. The molecule has 20 heavy (non-hydrogen) atoms. The van der Waals surface area contributed by atoms with Gasteiger partial charge in [-0.3, -0.25) is 4.99 Å². The van der Waals surface area contributed by atoms with Crippen molar-refractivity contribution in [3.05, 3.63) is 54.1 Å². The third-order valence-electron chi connectivity index (χ3n) is 3.24. The van der Waals surface area contributed by atoms with E-state index < -0.39 is 6.10 Å². The molecule has 2 aromatic rings. The van der Waals surface area contributed by atoms with E-state index in [0.29, 0.717) is 0 Å². The molecular weight excluding hydrogens is 270 g/mol.